The number of rotatable bonds is 5. The lowest BCUT2D eigenvalue weighted by molar-refractivity contribution is 0.411. The van der Waals surface area contributed by atoms with Gasteiger partial charge in [0.15, 0.2) is 11.5 Å². The molecule has 0 fully saturated rings. The van der Waals surface area contributed by atoms with Gasteiger partial charge in [-0.3, -0.25) is 0 Å². The number of halogens is 1. The second kappa shape index (κ2) is 7.20. The van der Waals surface area contributed by atoms with Gasteiger partial charge in [-0.15, -0.1) is 5.10 Å². The molecule has 142 valence electrons. The molecule has 2 heterocycles. The highest BCUT2D eigenvalue weighted by atomic mass is 35.5. The smallest absolute Gasteiger partial charge is 0.282 e. The predicted octanol–water partition coefficient (Wildman–Crippen LogP) is 3.24. The van der Waals surface area contributed by atoms with Crippen LogP contribution in [-0.4, -0.2) is 39.4 Å². The highest BCUT2D eigenvalue weighted by Gasteiger charge is 2.21. The molecule has 0 bridgehead atoms. The van der Waals surface area contributed by atoms with Gasteiger partial charge in [-0.1, -0.05) is 22.0 Å². The second-order valence-corrected chi connectivity index (χ2v) is 6.14. The number of aromatic nitrogens is 5. The quantitative estimate of drug-likeness (QED) is 0.545. The van der Waals surface area contributed by atoms with Gasteiger partial charge < -0.3 is 19.7 Å². The van der Waals surface area contributed by atoms with Crippen LogP contribution < -0.4 is 15.2 Å². The van der Waals surface area contributed by atoms with Gasteiger partial charge in [0.25, 0.3) is 5.89 Å². The number of nitrogen functional groups attached to an aromatic ring is 1. The fraction of sp³-hybridized carbons (Fsp3) is 0.111. The largest absolute Gasteiger partial charge is 0.497 e. The summed E-state index contributed by atoms with van der Waals surface area (Å²) in [4.78, 5) is 4.36. The molecule has 0 saturated carbocycles. The van der Waals surface area contributed by atoms with Gasteiger partial charge in [0.05, 0.1) is 14.2 Å². The fourth-order valence-corrected chi connectivity index (χ4v) is 2.79. The van der Waals surface area contributed by atoms with Crippen molar-refractivity contribution in [3.05, 3.63) is 47.5 Å². The minimum absolute atomic E-state index is 0.149. The van der Waals surface area contributed by atoms with E-state index in [1.807, 2.05) is 12.1 Å². The lowest BCUT2D eigenvalue weighted by Crippen LogP contribution is -2.04. The van der Waals surface area contributed by atoms with Crippen molar-refractivity contribution in [2.75, 3.05) is 20.0 Å². The summed E-state index contributed by atoms with van der Waals surface area (Å²) in [6.07, 6.45) is 0. The molecular formula is C18H15ClN6O3. The molecule has 9 nitrogen and oxygen atoms in total. The lowest BCUT2D eigenvalue weighted by atomic mass is 10.2. The van der Waals surface area contributed by atoms with Crippen LogP contribution in [-0.2, 0) is 0 Å². The van der Waals surface area contributed by atoms with Crippen molar-refractivity contribution in [3.8, 4) is 40.2 Å². The van der Waals surface area contributed by atoms with Crippen molar-refractivity contribution in [1.82, 2.24) is 25.1 Å². The Labute approximate surface area is 164 Å². The SMILES string of the molecule is COc1ccc(-c2noc(-c3nnn(-c4cc(Cl)ccc4OC)c3N)n2)cc1. The number of ether oxygens (including phenoxy) is 2. The molecular weight excluding hydrogens is 384 g/mol. The Morgan fingerprint density at radius 2 is 1.86 bits per heavy atom. The monoisotopic (exact) mass is 398 g/mol. The minimum Gasteiger partial charge on any atom is -0.497 e. The molecule has 2 aromatic heterocycles. The van der Waals surface area contributed by atoms with Crippen molar-refractivity contribution in [2.45, 2.75) is 0 Å². The highest BCUT2D eigenvalue weighted by molar-refractivity contribution is 6.30. The first-order valence-corrected chi connectivity index (χ1v) is 8.52. The number of hydrogen-bond acceptors (Lipinski definition) is 8. The molecule has 4 rings (SSSR count). The molecule has 0 unspecified atom stereocenters. The summed E-state index contributed by atoms with van der Waals surface area (Å²) >= 11 is 6.08. The van der Waals surface area contributed by atoms with Gasteiger partial charge >= 0.3 is 0 Å². The standard InChI is InChI=1S/C18H15ClN6O3/c1-26-12-6-3-10(4-7-12)17-21-18(28-23-17)15-16(20)25(24-22-15)13-9-11(19)5-8-14(13)27-2/h3-9H,20H2,1-2H3. The summed E-state index contributed by atoms with van der Waals surface area (Å²) in [6, 6.07) is 12.4. The third-order valence-electron chi connectivity index (χ3n) is 4.05. The second-order valence-electron chi connectivity index (χ2n) is 5.70. The molecule has 2 N–H and O–H groups in total. The molecule has 0 amide bonds. The molecule has 28 heavy (non-hydrogen) atoms. The van der Waals surface area contributed by atoms with Crippen LogP contribution in [0.2, 0.25) is 5.02 Å². The molecule has 2 aromatic carbocycles. The number of methoxy groups -OCH3 is 2. The van der Waals surface area contributed by atoms with Gasteiger partial charge in [-0.05, 0) is 42.5 Å². The fourth-order valence-electron chi connectivity index (χ4n) is 2.63. The number of nitrogens with zero attached hydrogens (tertiary/aromatic N) is 5. The van der Waals surface area contributed by atoms with Crippen molar-refractivity contribution in [1.29, 1.82) is 0 Å². The Hall–Kier alpha value is -3.59. The first kappa shape index (κ1) is 17.8. The molecule has 0 spiro atoms. The van der Waals surface area contributed by atoms with E-state index in [1.165, 1.54) is 4.68 Å². The van der Waals surface area contributed by atoms with Crippen LogP contribution in [0.1, 0.15) is 0 Å². The zero-order chi connectivity index (χ0) is 19.7. The Morgan fingerprint density at radius 1 is 1.07 bits per heavy atom. The van der Waals surface area contributed by atoms with E-state index >= 15 is 0 Å². The van der Waals surface area contributed by atoms with Gasteiger partial charge in [0.1, 0.15) is 17.2 Å². The van der Waals surface area contributed by atoms with E-state index < -0.39 is 0 Å². The van der Waals surface area contributed by atoms with Crippen molar-refractivity contribution in [3.63, 3.8) is 0 Å². The number of nitrogens with two attached hydrogens (primary N) is 1. The maximum atomic E-state index is 6.22. The molecule has 0 aliphatic rings. The van der Waals surface area contributed by atoms with Crippen LogP contribution in [0.25, 0.3) is 28.7 Å². The Morgan fingerprint density at radius 3 is 2.57 bits per heavy atom. The van der Waals surface area contributed by atoms with Crippen LogP contribution in [0.15, 0.2) is 47.0 Å². The topological polar surface area (TPSA) is 114 Å². The van der Waals surface area contributed by atoms with E-state index in [0.717, 1.165) is 11.3 Å². The molecule has 0 aliphatic heterocycles. The first-order chi connectivity index (χ1) is 13.6. The third-order valence-corrected chi connectivity index (χ3v) is 4.29. The van der Waals surface area contributed by atoms with Crippen LogP contribution in [0, 0.1) is 0 Å². The molecule has 0 aliphatic carbocycles. The average molecular weight is 399 g/mol. The van der Waals surface area contributed by atoms with E-state index in [0.29, 0.717) is 22.3 Å². The van der Waals surface area contributed by atoms with Gasteiger partial charge in [-0.2, -0.15) is 9.67 Å². The van der Waals surface area contributed by atoms with E-state index in [4.69, 9.17) is 31.3 Å². The number of hydrogen-bond donors (Lipinski definition) is 1. The molecule has 0 radical (unpaired) electrons. The van der Waals surface area contributed by atoms with Crippen molar-refractivity contribution >= 4 is 17.4 Å². The van der Waals surface area contributed by atoms with Gasteiger partial charge in [0.2, 0.25) is 5.82 Å². The van der Waals surface area contributed by atoms with Crippen molar-refractivity contribution in [2.24, 2.45) is 0 Å². The minimum atomic E-state index is 0.149. The third kappa shape index (κ3) is 3.12. The molecule has 0 atom stereocenters. The van der Waals surface area contributed by atoms with Crippen LogP contribution in [0.3, 0.4) is 0 Å². The Balaban J connectivity index is 1.70. The van der Waals surface area contributed by atoms with Gasteiger partial charge in [0, 0.05) is 10.6 Å². The zero-order valence-electron chi connectivity index (χ0n) is 15.0. The van der Waals surface area contributed by atoms with Crippen LogP contribution in [0.4, 0.5) is 5.82 Å². The van der Waals surface area contributed by atoms with E-state index in [-0.39, 0.29) is 17.4 Å². The summed E-state index contributed by atoms with van der Waals surface area (Å²) in [6.45, 7) is 0. The maximum Gasteiger partial charge on any atom is 0.282 e. The highest BCUT2D eigenvalue weighted by Crippen LogP contribution is 2.31. The normalized spacial score (nSPS) is 10.8. The van der Waals surface area contributed by atoms with Crippen LogP contribution >= 0.6 is 11.6 Å². The molecule has 4 aromatic rings. The van der Waals surface area contributed by atoms with E-state index in [9.17, 15) is 0 Å². The lowest BCUT2D eigenvalue weighted by Gasteiger charge is -2.09. The molecule has 0 saturated heterocycles. The Kier molecular flexibility index (Phi) is 4.58. The van der Waals surface area contributed by atoms with Crippen LogP contribution in [0.5, 0.6) is 11.5 Å². The zero-order valence-corrected chi connectivity index (χ0v) is 15.7. The first-order valence-electron chi connectivity index (χ1n) is 8.14. The summed E-state index contributed by atoms with van der Waals surface area (Å²) in [5, 5.41) is 12.6. The summed E-state index contributed by atoms with van der Waals surface area (Å²) < 4.78 is 17.2. The summed E-state index contributed by atoms with van der Waals surface area (Å²) in [5.41, 5.74) is 7.79. The number of benzene rings is 2. The maximum absolute atomic E-state index is 6.22. The number of anilines is 1. The Bertz CT molecular complexity index is 1120. The van der Waals surface area contributed by atoms with Crippen molar-refractivity contribution < 1.29 is 14.0 Å². The molecule has 10 heteroatoms. The average Bonchev–Trinajstić information content (AvgIpc) is 3.34. The van der Waals surface area contributed by atoms with E-state index in [2.05, 4.69) is 20.5 Å². The summed E-state index contributed by atoms with van der Waals surface area (Å²) in [5.74, 6) is 2.03. The summed E-state index contributed by atoms with van der Waals surface area (Å²) in [7, 11) is 3.14. The predicted molar refractivity (Wildman–Crippen MR) is 103 cm³/mol. The van der Waals surface area contributed by atoms with E-state index in [1.54, 1.807) is 44.6 Å². The van der Waals surface area contributed by atoms with Gasteiger partial charge in [-0.25, -0.2) is 0 Å².